The number of benzene rings is 2. The van der Waals surface area contributed by atoms with Crippen molar-refractivity contribution in [2.24, 2.45) is 4.99 Å². The fraction of sp³-hybridized carbons (Fsp3) is 0.409. The molecule has 2 aromatic rings. The monoisotopic (exact) mass is 514 g/mol. The normalized spacial score (nSPS) is 11.1. The van der Waals surface area contributed by atoms with E-state index in [0.29, 0.717) is 13.2 Å². The van der Waals surface area contributed by atoms with Crippen molar-refractivity contribution in [2.45, 2.75) is 19.9 Å². The second-order valence-electron chi connectivity index (χ2n) is 6.80. The Kier molecular flexibility index (Phi) is 12.3. The molecule has 0 saturated carbocycles. The van der Waals surface area contributed by atoms with Crippen molar-refractivity contribution in [2.75, 3.05) is 40.3 Å². The van der Waals surface area contributed by atoms with Crippen molar-refractivity contribution in [1.29, 1.82) is 0 Å². The minimum absolute atomic E-state index is 0. The third-order valence-electron chi connectivity index (χ3n) is 4.09. The van der Waals surface area contributed by atoms with Gasteiger partial charge in [0.25, 0.3) is 0 Å². The molecular weight excluding hydrogens is 482 g/mol. The number of hydrogen-bond acceptors (Lipinski definition) is 3. The highest BCUT2D eigenvalue weighted by Crippen LogP contribution is 2.14. The van der Waals surface area contributed by atoms with Crippen LogP contribution in [-0.4, -0.2) is 51.2 Å². The topological polar surface area (TPSA) is 48.9 Å². The number of nitrogens with one attached hydrogen (secondary N) is 2. The largest absolute Gasteiger partial charge is 0.492 e. The van der Waals surface area contributed by atoms with Crippen LogP contribution in [0.25, 0.3) is 0 Å². The van der Waals surface area contributed by atoms with Gasteiger partial charge in [0, 0.05) is 19.6 Å². The lowest BCUT2D eigenvalue weighted by Gasteiger charge is -2.12. The number of aliphatic imine (C=N–C) groups is 1. The predicted octanol–water partition coefficient (Wildman–Crippen LogP) is 3.68. The van der Waals surface area contributed by atoms with E-state index in [0.717, 1.165) is 48.9 Å². The predicted molar refractivity (Wildman–Crippen MR) is 129 cm³/mol. The SMILES string of the molecule is CCNC(=NCc1cccc(OCCN(C)C)c1)NCCc1ccc(F)cc1.I. The van der Waals surface area contributed by atoms with Gasteiger partial charge in [-0.2, -0.15) is 0 Å². The number of ether oxygens (including phenoxy) is 1. The van der Waals surface area contributed by atoms with E-state index in [-0.39, 0.29) is 29.8 Å². The van der Waals surface area contributed by atoms with E-state index in [1.807, 2.05) is 57.4 Å². The summed E-state index contributed by atoms with van der Waals surface area (Å²) >= 11 is 0. The Bertz CT molecular complexity index is 738. The number of likely N-dealkylation sites (N-methyl/N-ethyl adjacent to an activating group) is 1. The summed E-state index contributed by atoms with van der Waals surface area (Å²) in [4.78, 5) is 6.74. The third kappa shape index (κ3) is 10.5. The average molecular weight is 514 g/mol. The molecule has 0 saturated heterocycles. The van der Waals surface area contributed by atoms with Crippen molar-refractivity contribution >= 4 is 29.9 Å². The van der Waals surface area contributed by atoms with E-state index in [9.17, 15) is 4.39 Å². The highest BCUT2D eigenvalue weighted by atomic mass is 127. The van der Waals surface area contributed by atoms with Gasteiger partial charge in [0.05, 0.1) is 6.54 Å². The number of nitrogens with zero attached hydrogens (tertiary/aromatic N) is 2. The lowest BCUT2D eigenvalue weighted by molar-refractivity contribution is 0.261. The Morgan fingerprint density at radius 2 is 1.83 bits per heavy atom. The van der Waals surface area contributed by atoms with Crippen LogP contribution in [0.5, 0.6) is 5.75 Å². The molecule has 0 spiro atoms. The smallest absolute Gasteiger partial charge is 0.191 e. The molecule has 0 aromatic heterocycles. The highest BCUT2D eigenvalue weighted by molar-refractivity contribution is 14.0. The van der Waals surface area contributed by atoms with Crippen LogP contribution in [0.15, 0.2) is 53.5 Å². The van der Waals surface area contributed by atoms with E-state index < -0.39 is 0 Å². The molecule has 0 amide bonds. The number of hydrogen-bond donors (Lipinski definition) is 2. The summed E-state index contributed by atoms with van der Waals surface area (Å²) in [7, 11) is 4.06. The molecule has 0 atom stereocenters. The fourth-order valence-electron chi connectivity index (χ4n) is 2.57. The van der Waals surface area contributed by atoms with Crippen molar-refractivity contribution in [3.8, 4) is 5.75 Å². The van der Waals surface area contributed by atoms with E-state index >= 15 is 0 Å². The first kappa shape index (κ1) is 25.2. The Labute approximate surface area is 190 Å². The molecule has 0 aliphatic carbocycles. The molecule has 5 nitrogen and oxygen atoms in total. The fourth-order valence-corrected chi connectivity index (χ4v) is 2.57. The molecule has 2 rings (SSSR count). The minimum atomic E-state index is -0.209. The van der Waals surface area contributed by atoms with E-state index in [2.05, 4.69) is 20.5 Å². The van der Waals surface area contributed by atoms with Crippen LogP contribution in [0.3, 0.4) is 0 Å². The lowest BCUT2D eigenvalue weighted by Crippen LogP contribution is -2.38. The van der Waals surface area contributed by atoms with Crippen LogP contribution in [0.1, 0.15) is 18.1 Å². The van der Waals surface area contributed by atoms with Crippen molar-refractivity contribution in [1.82, 2.24) is 15.5 Å². The summed E-state index contributed by atoms with van der Waals surface area (Å²) in [5.74, 6) is 1.42. The van der Waals surface area contributed by atoms with Gasteiger partial charge in [-0.15, -0.1) is 24.0 Å². The van der Waals surface area contributed by atoms with Gasteiger partial charge in [-0.3, -0.25) is 0 Å². The number of halogens is 2. The summed E-state index contributed by atoms with van der Waals surface area (Å²) in [5.41, 5.74) is 2.19. The molecular formula is C22H32FIN4O. The lowest BCUT2D eigenvalue weighted by atomic mass is 10.1. The highest BCUT2D eigenvalue weighted by Gasteiger charge is 2.01. The van der Waals surface area contributed by atoms with Gasteiger partial charge < -0.3 is 20.3 Å². The van der Waals surface area contributed by atoms with Gasteiger partial charge in [-0.05, 0) is 62.8 Å². The van der Waals surface area contributed by atoms with Gasteiger partial charge in [0.1, 0.15) is 18.2 Å². The van der Waals surface area contributed by atoms with Crippen LogP contribution in [0.2, 0.25) is 0 Å². The van der Waals surface area contributed by atoms with Crippen LogP contribution in [0.4, 0.5) is 4.39 Å². The molecule has 160 valence electrons. The molecule has 0 fully saturated rings. The maximum absolute atomic E-state index is 13.0. The van der Waals surface area contributed by atoms with E-state index in [4.69, 9.17) is 4.74 Å². The Hall–Kier alpha value is -1.87. The summed E-state index contributed by atoms with van der Waals surface area (Å²) in [6.45, 7) is 5.66. The van der Waals surface area contributed by atoms with Crippen LogP contribution >= 0.6 is 24.0 Å². The van der Waals surface area contributed by atoms with Crippen molar-refractivity contribution in [3.05, 3.63) is 65.5 Å². The average Bonchev–Trinajstić information content (AvgIpc) is 2.68. The summed E-state index contributed by atoms with van der Waals surface area (Å²) in [6, 6.07) is 14.6. The van der Waals surface area contributed by atoms with Gasteiger partial charge >= 0.3 is 0 Å². The summed E-state index contributed by atoms with van der Waals surface area (Å²) in [5, 5.41) is 6.58. The number of rotatable bonds is 10. The Balaban J connectivity index is 0.00000420. The quantitative estimate of drug-likeness (QED) is 0.289. The van der Waals surface area contributed by atoms with Gasteiger partial charge in [0.15, 0.2) is 5.96 Å². The minimum Gasteiger partial charge on any atom is -0.492 e. The van der Waals surface area contributed by atoms with E-state index in [1.165, 1.54) is 12.1 Å². The standard InChI is InChI=1S/C22H31FN4O.HI/c1-4-24-22(25-13-12-18-8-10-20(23)11-9-18)26-17-19-6-5-7-21(16-19)28-15-14-27(2)3;/h5-11,16H,4,12-15,17H2,1-3H3,(H2,24,25,26);1H. The van der Waals surface area contributed by atoms with Crippen molar-refractivity contribution < 1.29 is 9.13 Å². The maximum atomic E-state index is 13.0. The summed E-state index contributed by atoms with van der Waals surface area (Å²) in [6.07, 6.45) is 0.805. The molecule has 0 heterocycles. The molecule has 2 N–H and O–H groups in total. The zero-order chi connectivity index (χ0) is 20.2. The van der Waals surface area contributed by atoms with Crippen molar-refractivity contribution in [3.63, 3.8) is 0 Å². The molecule has 0 aliphatic rings. The molecule has 0 aliphatic heterocycles. The van der Waals surface area contributed by atoms with E-state index in [1.54, 1.807) is 0 Å². The Morgan fingerprint density at radius 3 is 2.52 bits per heavy atom. The molecule has 2 aromatic carbocycles. The summed E-state index contributed by atoms with van der Waals surface area (Å²) < 4.78 is 18.8. The van der Waals surface area contributed by atoms with Crippen LogP contribution in [0, 0.1) is 5.82 Å². The second kappa shape index (κ2) is 14.2. The molecule has 29 heavy (non-hydrogen) atoms. The van der Waals surface area contributed by atoms with Gasteiger partial charge in [-0.25, -0.2) is 9.38 Å². The van der Waals surface area contributed by atoms with Gasteiger partial charge in [-0.1, -0.05) is 24.3 Å². The molecule has 7 heteroatoms. The van der Waals surface area contributed by atoms with Gasteiger partial charge in [0.2, 0.25) is 0 Å². The van der Waals surface area contributed by atoms with Crippen LogP contribution < -0.4 is 15.4 Å². The molecule has 0 unspecified atom stereocenters. The molecule has 0 radical (unpaired) electrons. The first-order valence-corrected chi connectivity index (χ1v) is 9.70. The Morgan fingerprint density at radius 1 is 1.07 bits per heavy atom. The molecule has 0 bridgehead atoms. The first-order chi connectivity index (χ1) is 13.6. The number of guanidine groups is 1. The first-order valence-electron chi connectivity index (χ1n) is 9.70. The second-order valence-corrected chi connectivity index (χ2v) is 6.80. The third-order valence-corrected chi connectivity index (χ3v) is 4.09. The van der Waals surface area contributed by atoms with Crippen LogP contribution in [-0.2, 0) is 13.0 Å². The maximum Gasteiger partial charge on any atom is 0.191 e. The zero-order valence-electron chi connectivity index (χ0n) is 17.5. The zero-order valence-corrected chi connectivity index (χ0v) is 19.8.